The second-order valence-electron chi connectivity index (χ2n) is 5.44. The number of fused-ring (bicyclic) bond motifs is 1. The van der Waals surface area contributed by atoms with E-state index in [1.165, 1.54) is 11.8 Å². The average molecular weight is 350 g/mol. The van der Waals surface area contributed by atoms with Gasteiger partial charge >= 0.3 is 0 Å². The van der Waals surface area contributed by atoms with E-state index in [4.69, 9.17) is 4.52 Å². The third kappa shape index (κ3) is 3.06. The van der Waals surface area contributed by atoms with E-state index in [0.717, 1.165) is 5.56 Å². The predicted molar refractivity (Wildman–Crippen MR) is 96.3 cm³/mol. The Morgan fingerprint density at radius 1 is 1.04 bits per heavy atom. The zero-order valence-electron chi connectivity index (χ0n) is 13.4. The first kappa shape index (κ1) is 15.6. The van der Waals surface area contributed by atoms with Crippen LogP contribution in [0.4, 0.5) is 0 Å². The van der Waals surface area contributed by atoms with E-state index in [9.17, 15) is 4.79 Å². The number of nitrogens with zero attached hydrogens (tertiary/aromatic N) is 4. The first-order valence-corrected chi connectivity index (χ1v) is 8.67. The van der Waals surface area contributed by atoms with E-state index in [0.29, 0.717) is 33.5 Å². The second kappa shape index (κ2) is 6.52. The normalized spacial score (nSPS) is 11.1. The summed E-state index contributed by atoms with van der Waals surface area (Å²) in [5, 5.41) is 5.22. The van der Waals surface area contributed by atoms with Crippen LogP contribution in [0, 0.1) is 0 Å². The molecule has 0 spiro atoms. The van der Waals surface area contributed by atoms with Crippen LogP contribution in [0.15, 0.2) is 69.1 Å². The lowest BCUT2D eigenvalue weighted by molar-refractivity contribution is 0.391. The lowest BCUT2D eigenvalue weighted by Crippen LogP contribution is -2.19. The third-order valence-corrected chi connectivity index (χ3v) is 4.78. The minimum atomic E-state index is -0.0661. The highest BCUT2D eigenvalue weighted by molar-refractivity contribution is 7.98. The Balaban J connectivity index is 1.58. The fraction of sp³-hybridized carbons (Fsp3) is 0.111. The number of rotatable bonds is 4. The van der Waals surface area contributed by atoms with Crippen molar-refractivity contribution in [2.75, 3.05) is 0 Å². The highest BCUT2D eigenvalue weighted by atomic mass is 32.2. The summed E-state index contributed by atoms with van der Waals surface area (Å²) >= 11 is 1.39. The Bertz CT molecular complexity index is 1090. The summed E-state index contributed by atoms with van der Waals surface area (Å²) < 4.78 is 6.84. The van der Waals surface area contributed by atoms with Crippen molar-refractivity contribution in [3.63, 3.8) is 0 Å². The molecule has 4 rings (SSSR count). The molecule has 7 heteroatoms. The zero-order valence-corrected chi connectivity index (χ0v) is 14.2. The molecule has 0 saturated heterocycles. The summed E-state index contributed by atoms with van der Waals surface area (Å²) in [5.41, 5.74) is 1.52. The van der Waals surface area contributed by atoms with Crippen molar-refractivity contribution in [2.24, 2.45) is 7.05 Å². The molecule has 4 aromatic rings. The Morgan fingerprint density at radius 3 is 2.64 bits per heavy atom. The molecular formula is C18H14N4O2S. The summed E-state index contributed by atoms with van der Waals surface area (Å²) in [5.74, 6) is 1.49. The fourth-order valence-electron chi connectivity index (χ4n) is 2.47. The van der Waals surface area contributed by atoms with Gasteiger partial charge in [0.2, 0.25) is 11.7 Å². The molecule has 0 amide bonds. The van der Waals surface area contributed by atoms with Gasteiger partial charge in [-0.05, 0) is 12.1 Å². The SMILES string of the molecule is Cn1c(SCc2nc(-c3ccccc3)no2)nc2ccccc2c1=O. The van der Waals surface area contributed by atoms with Gasteiger partial charge in [0.15, 0.2) is 5.16 Å². The Kier molecular flexibility index (Phi) is 4.07. The van der Waals surface area contributed by atoms with E-state index in [2.05, 4.69) is 15.1 Å². The second-order valence-corrected chi connectivity index (χ2v) is 6.38. The van der Waals surface area contributed by atoms with Crippen molar-refractivity contribution in [1.29, 1.82) is 0 Å². The molecule has 0 fully saturated rings. The standard InChI is InChI=1S/C18H14N4O2S/c1-22-17(23)13-9-5-6-10-14(13)19-18(22)25-11-15-20-16(21-24-15)12-7-3-2-4-8-12/h2-10H,11H2,1H3. The van der Waals surface area contributed by atoms with Gasteiger partial charge in [-0.25, -0.2) is 4.98 Å². The van der Waals surface area contributed by atoms with Crippen LogP contribution < -0.4 is 5.56 Å². The van der Waals surface area contributed by atoms with Crippen LogP contribution in [0.3, 0.4) is 0 Å². The van der Waals surface area contributed by atoms with Gasteiger partial charge < -0.3 is 4.52 Å². The van der Waals surface area contributed by atoms with E-state index in [-0.39, 0.29) is 5.56 Å². The van der Waals surface area contributed by atoms with Crippen molar-refractivity contribution < 1.29 is 4.52 Å². The number of para-hydroxylation sites is 1. The molecule has 25 heavy (non-hydrogen) atoms. The first-order chi connectivity index (χ1) is 12.2. The molecule has 0 unspecified atom stereocenters. The van der Waals surface area contributed by atoms with Crippen LogP contribution >= 0.6 is 11.8 Å². The maximum absolute atomic E-state index is 12.4. The van der Waals surface area contributed by atoms with Crippen LogP contribution in [0.5, 0.6) is 0 Å². The van der Waals surface area contributed by atoms with Crippen LogP contribution in [0.2, 0.25) is 0 Å². The quantitative estimate of drug-likeness (QED) is 0.415. The van der Waals surface area contributed by atoms with Gasteiger partial charge in [-0.2, -0.15) is 4.98 Å². The highest BCUT2D eigenvalue weighted by Crippen LogP contribution is 2.22. The van der Waals surface area contributed by atoms with Crippen LogP contribution in [0.1, 0.15) is 5.89 Å². The molecule has 0 N–H and O–H groups in total. The maximum atomic E-state index is 12.4. The summed E-state index contributed by atoms with van der Waals surface area (Å²) in [6.45, 7) is 0. The number of hydrogen-bond acceptors (Lipinski definition) is 6. The lowest BCUT2D eigenvalue weighted by atomic mass is 10.2. The topological polar surface area (TPSA) is 73.8 Å². The molecule has 2 aromatic carbocycles. The molecule has 124 valence electrons. The summed E-state index contributed by atoms with van der Waals surface area (Å²) in [6.07, 6.45) is 0. The van der Waals surface area contributed by atoms with Crippen LogP contribution in [-0.4, -0.2) is 19.7 Å². The summed E-state index contributed by atoms with van der Waals surface area (Å²) in [4.78, 5) is 21.4. The van der Waals surface area contributed by atoms with Gasteiger partial charge in [0.05, 0.1) is 16.7 Å². The minimum Gasteiger partial charge on any atom is -0.338 e. The lowest BCUT2D eigenvalue weighted by Gasteiger charge is -2.07. The van der Waals surface area contributed by atoms with Gasteiger partial charge in [0, 0.05) is 12.6 Å². The molecule has 0 aliphatic carbocycles. The largest absolute Gasteiger partial charge is 0.338 e. The number of hydrogen-bond donors (Lipinski definition) is 0. The van der Waals surface area contributed by atoms with E-state index >= 15 is 0 Å². The van der Waals surface area contributed by atoms with Crippen molar-refractivity contribution in [3.8, 4) is 11.4 Å². The molecule has 2 heterocycles. The van der Waals surface area contributed by atoms with Gasteiger partial charge in [-0.1, -0.05) is 59.4 Å². The maximum Gasteiger partial charge on any atom is 0.261 e. The fourth-order valence-corrected chi connectivity index (χ4v) is 3.28. The van der Waals surface area contributed by atoms with Crippen molar-refractivity contribution in [1.82, 2.24) is 19.7 Å². The van der Waals surface area contributed by atoms with Crippen molar-refractivity contribution in [2.45, 2.75) is 10.9 Å². The Labute approximate surface area is 147 Å². The van der Waals surface area contributed by atoms with Gasteiger partial charge in [-0.3, -0.25) is 9.36 Å². The Morgan fingerprint density at radius 2 is 1.80 bits per heavy atom. The van der Waals surface area contributed by atoms with Crippen LogP contribution in [0.25, 0.3) is 22.3 Å². The summed E-state index contributed by atoms with van der Waals surface area (Å²) in [6, 6.07) is 17.0. The zero-order chi connectivity index (χ0) is 17.2. The molecular weight excluding hydrogens is 336 g/mol. The molecule has 0 aliphatic rings. The third-order valence-electron chi connectivity index (χ3n) is 3.77. The van der Waals surface area contributed by atoms with Gasteiger partial charge in [-0.15, -0.1) is 0 Å². The van der Waals surface area contributed by atoms with E-state index < -0.39 is 0 Å². The van der Waals surface area contributed by atoms with E-state index in [1.807, 2.05) is 48.5 Å². The molecule has 0 atom stereocenters. The number of aromatic nitrogens is 4. The molecule has 0 radical (unpaired) electrons. The monoisotopic (exact) mass is 350 g/mol. The molecule has 0 bridgehead atoms. The summed E-state index contributed by atoms with van der Waals surface area (Å²) in [7, 11) is 1.72. The molecule has 0 aliphatic heterocycles. The minimum absolute atomic E-state index is 0.0661. The van der Waals surface area contributed by atoms with Gasteiger partial charge in [0.25, 0.3) is 5.56 Å². The highest BCUT2D eigenvalue weighted by Gasteiger charge is 2.12. The average Bonchev–Trinajstić information content (AvgIpc) is 3.13. The smallest absolute Gasteiger partial charge is 0.261 e. The molecule has 6 nitrogen and oxygen atoms in total. The van der Waals surface area contributed by atoms with Crippen LogP contribution in [-0.2, 0) is 12.8 Å². The Hall–Kier alpha value is -2.93. The van der Waals surface area contributed by atoms with E-state index in [1.54, 1.807) is 17.7 Å². The van der Waals surface area contributed by atoms with Crippen molar-refractivity contribution >= 4 is 22.7 Å². The molecule has 0 saturated carbocycles. The number of benzene rings is 2. The number of thioether (sulfide) groups is 1. The van der Waals surface area contributed by atoms with Crippen molar-refractivity contribution in [3.05, 3.63) is 70.8 Å². The predicted octanol–water partition coefficient (Wildman–Crippen LogP) is 3.28. The first-order valence-electron chi connectivity index (χ1n) is 7.69. The molecule has 2 aromatic heterocycles. The van der Waals surface area contributed by atoms with Gasteiger partial charge in [0.1, 0.15) is 0 Å².